The molecule has 0 aliphatic carbocycles. The van der Waals surface area contributed by atoms with Gasteiger partial charge >= 0.3 is 0 Å². The Balaban J connectivity index is 1.54. The summed E-state index contributed by atoms with van der Waals surface area (Å²) in [6.45, 7) is 0. The zero-order valence-corrected chi connectivity index (χ0v) is 11.4. The second kappa shape index (κ2) is 5.43. The lowest BCUT2D eigenvalue weighted by Crippen LogP contribution is -2.39. The largest absolute Gasteiger partial charge is 0.311 e. The molecule has 0 radical (unpaired) electrons. The highest BCUT2D eigenvalue weighted by Gasteiger charge is 2.34. The van der Waals surface area contributed by atoms with Gasteiger partial charge in [0.1, 0.15) is 5.82 Å². The summed E-state index contributed by atoms with van der Waals surface area (Å²) in [6, 6.07) is 2.88. The van der Waals surface area contributed by atoms with Gasteiger partial charge in [-0.3, -0.25) is 4.79 Å². The molecule has 2 N–H and O–H groups in total. The van der Waals surface area contributed by atoms with E-state index in [2.05, 4.69) is 20.6 Å². The van der Waals surface area contributed by atoms with Crippen LogP contribution >= 0.6 is 11.6 Å². The second-order valence-electron chi connectivity index (χ2n) is 5.44. The summed E-state index contributed by atoms with van der Waals surface area (Å²) in [5, 5.41) is 6.52. The third kappa shape index (κ3) is 3.22. The molecule has 0 spiro atoms. The molecule has 1 aromatic rings. The third-order valence-corrected chi connectivity index (χ3v) is 4.12. The van der Waals surface area contributed by atoms with Crippen LogP contribution in [0, 0.1) is 5.92 Å². The van der Waals surface area contributed by atoms with Gasteiger partial charge < -0.3 is 10.6 Å². The van der Waals surface area contributed by atoms with Crippen LogP contribution in [0.15, 0.2) is 12.3 Å². The Kier molecular flexibility index (Phi) is 3.66. The molecule has 102 valence electrons. The number of piperidine rings is 1. The van der Waals surface area contributed by atoms with Gasteiger partial charge in [-0.05, 0) is 49.3 Å². The molecule has 2 fully saturated rings. The second-order valence-corrected chi connectivity index (χ2v) is 5.78. The van der Waals surface area contributed by atoms with E-state index >= 15 is 0 Å². The lowest BCUT2D eigenvalue weighted by molar-refractivity contribution is -0.117. The Bertz CT molecular complexity index is 469. The van der Waals surface area contributed by atoms with Crippen LogP contribution in [0.2, 0.25) is 5.28 Å². The normalized spacial score (nSPS) is 29.2. The average Bonchev–Trinajstić information content (AvgIpc) is 2.68. The summed E-state index contributed by atoms with van der Waals surface area (Å²) in [7, 11) is 0. The molecule has 0 aromatic carbocycles. The Morgan fingerprint density at radius 1 is 1.42 bits per heavy atom. The minimum absolute atomic E-state index is 0.0149. The lowest BCUT2D eigenvalue weighted by Gasteiger charge is -2.28. The van der Waals surface area contributed by atoms with Gasteiger partial charge in [-0.25, -0.2) is 9.97 Å². The quantitative estimate of drug-likeness (QED) is 0.831. The zero-order chi connectivity index (χ0) is 13.2. The molecule has 6 heteroatoms. The SMILES string of the molecule is O=C(CC1CC2CCC(C1)N2)Nc1ccnc(Cl)n1. The number of rotatable bonds is 3. The number of hydrogen-bond acceptors (Lipinski definition) is 4. The molecular weight excluding hydrogens is 264 g/mol. The number of nitrogens with one attached hydrogen (secondary N) is 2. The van der Waals surface area contributed by atoms with E-state index in [9.17, 15) is 4.79 Å². The number of amides is 1. The number of anilines is 1. The van der Waals surface area contributed by atoms with Crippen molar-refractivity contribution in [2.75, 3.05) is 5.32 Å². The molecule has 1 aromatic heterocycles. The van der Waals surface area contributed by atoms with E-state index in [-0.39, 0.29) is 11.2 Å². The third-order valence-electron chi connectivity index (χ3n) is 3.94. The fourth-order valence-electron chi connectivity index (χ4n) is 3.20. The van der Waals surface area contributed by atoms with Gasteiger partial charge in [-0.15, -0.1) is 0 Å². The molecule has 0 saturated carbocycles. The fraction of sp³-hybridized carbons (Fsp3) is 0.615. The Morgan fingerprint density at radius 2 is 2.16 bits per heavy atom. The van der Waals surface area contributed by atoms with E-state index in [0.717, 1.165) is 12.8 Å². The summed E-state index contributed by atoms with van der Waals surface area (Å²) in [5.74, 6) is 0.971. The predicted octanol–water partition coefficient (Wildman–Crippen LogP) is 1.99. The number of hydrogen-bond donors (Lipinski definition) is 2. The topological polar surface area (TPSA) is 66.9 Å². The molecule has 2 bridgehead atoms. The van der Waals surface area contributed by atoms with Crippen molar-refractivity contribution in [2.24, 2.45) is 5.92 Å². The number of nitrogens with zero attached hydrogens (tertiary/aromatic N) is 2. The van der Waals surface area contributed by atoms with Crippen LogP contribution < -0.4 is 10.6 Å². The molecular formula is C13H17ClN4O. The first-order chi connectivity index (χ1) is 9.19. The minimum Gasteiger partial charge on any atom is -0.311 e. The van der Waals surface area contributed by atoms with Crippen molar-refractivity contribution in [1.29, 1.82) is 0 Å². The Hall–Kier alpha value is -1.20. The van der Waals surface area contributed by atoms with Crippen molar-refractivity contribution in [2.45, 2.75) is 44.2 Å². The predicted molar refractivity (Wildman–Crippen MR) is 73.0 cm³/mol. The van der Waals surface area contributed by atoms with Gasteiger partial charge in [0.2, 0.25) is 11.2 Å². The van der Waals surface area contributed by atoms with Crippen molar-refractivity contribution < 1.29 is 4.79 Å². The van der Waals surface area contributed by atoms with E-state index in [1.54, 1.807) is 6.07 Å². The summed E-state index contributed by atoms with van der Waals surface area (Å²) < 4.78 is 0. The molecule has 5 nitrogen and oxygen atoms in total. The maximum absolute atomic E-state index is 12.0. The standard InChI is InChI=1S/C13H17ClN4O/c14-13-15-4-3-11(18-13)17-12(19)7-8-5-9-1-2-10(6-8)16-9/h3-4,8-10,16H,1-2,5-7H2,(H,15,17,18,19). The van der Waals surface area contributed by atoms with Crippen molar-refractivity contribution in [3.8, 4) is 0 Å². The molecule has 2 saturated heterocycles. The molecule has 19 heavy (non-hydrogen) atoms. The van der Waals surface area contributed by atoms with Gasteiger partial charge in [0.05, 0.1) is 0 Å². The maximum Gasteiger partial charge on any atom is 0.225 e. The van der Waals surface area contributed by atoms with Crippen LogP contribution in [0.1, 0.15) is 32.1 Å². The van der Waals surface area contributed by atoms with Crippen LogP contribution in [0.3, 0.4) is 0 Å². The smallest absolute Gasteiger partial charge is 0.225 e. The average molecular weight is 281 g/mol. The number of carbonyl (C=O) groups is 1. The van der Waals surface area contributed by atoms with E-state index in [4.69, 9.17) is 11.6 Å². The Labute approximate surface area is 117 Å². The molecule has 3 rings (SSSR count). The molecule has 1 amide bonds. The van der Waals surface area contributed by atoms with E-state index < -0.39 is 0 Å². The summed E-state index contributed by atoms with van der Waals surface area (Å²) >= 11 is 5.68. The van der Waals surface area contributed by atoms with Gasteiger partial charge in [0, 0.05) is 24.7 Å². The van der Waals surface area contributed by atoms with E-state index in [1.807, 2.05) is 0 Å². The summed E-state index contributed by atoms with van der Waals surface area (Å²) in [5.41, 5.74) is 0. The maximum atomic E-state index is 12.0. The van der Waals surface area contributed by atoms with Crippen LogP contribution in [-0.4, -0.2) is 28.0 Å². The van der Waals surface area contributed by atoms with Crippen LogP contribution in [-0.2, 0) is 4.79 Å². The van der Waals surface area contributed by atoms with Crippen molar-refractivity contribution >= 4 is 23.3 Å². The fourth-order valence-corrected chi connectivity index (χ4v) is 3.35. The highest BCUT2D eigenvalue weighted by atomic mass is 35.5. The van der Waals surface area contributed by atoms with Crippen LogP contribution in [0.25, 0.3) is 0 Å². The monoisotopic (exact) mass is 280 g/mol. The zero-order valence-electron chi connectivity index (χ0n) is 10.6. The van der Waals surface area contributed by atoms with Crippen molar-refractivity contribution in [3.63, 3.8) is 0 Å². The van der Waals surface area contributed by atoms with E-state index in [0.29, 0.717) is 30.2 Å². The minimum atomic E-state index is 0.0149. The molecule has 2 atom stereocenters. The van der Waals surface area contributed by atoms with Crippen LogP contribution in [0.4, 0.5) is 5.82 Å². The first-order valence-electron chi connectivity index (χ1n) is 6.73. The van der Waals surface area contributed by atoms with Gasteiger partial charge in [0.15, 0.2) is 0 Å². The van der Waals surface area contributed by atoms with Gasteiger partial charge in [-0.1, -0.05) is 0 Å². The Morgan fingerprint density at radius 3 is 2.84 bits per heavy atom. The highest BCUT2D eigenvalue weighted by molar-refractivity contribution is 6.28. The molecule has 3 heterocycles. The number of fused-ring (bicyclic) bond motifs is 2. The molecule has 2 unspecified atom stereocenters. The highest BCUT2D eigenvalue weighted by Crippen LogP contribution is 2.32. The van der Waals surface area contributed by atoms with E-state index in [1.165, 1.54) is 19.0 Å². The summed E-state index contributed by atoms with van der Waals surface area (Å²) in [6.07, 6.45) is 6.82. The number of carbonyl (C=O) groups excluding carboxylic acids is 1. The molecule has 2 aliphatic rings. The van der Waals surface area contributed by atoms with Gasteiger partial charge in [0.25, 0.3) is 0 Å². The first kappa shape index (κ1) is 12.8. The lowest BCUT2D eigenvalue weighted by atomic mass is 9.89. The van der Waals surface area contributed by atoms with Crippen molar-refractivity contribution in [1.82, 2.24) is 15.3 Å². The first-order valence-corrected chi connectivity index (χ1v) is 7.11. The van der Waals surface area contributed by atoms with Gasteiger partial charge in [-0.2, -0.15) is 0 Å². The van der Waals surface area contributed by atoms with Crippen LogP contribution in [0.5, 0.6) is 0 Å². The summed E-state index contributed by atoms with van der Waals surface area (Å²) in [4.78, 5) is 19.7. The molecule has 2 aliphatic heterocycles. The number of halogens is 1. The van der Waals surface area contributed by atoms with Crippen molar-refractivity contribution in [3.05, 3.63) is 17.5 Å². The number of aromatic nitrogens is 2.